The van der Waals surface area contributed by atoms with E-state index in [2.05, 4.69) is 4.74 Å². The number of ether oxygens (including phenoxy) is 2. The van der Waals surface area contributed by atoms with Crippen LogP contribution in [0.1, 0.15) is 33.6 Å². The van der Waals surface area contributed by atoms with Crippen molar-refractivity contribution in [2.45, 2.75) is 45.3 Å². The first-order valence-corrected chi connectivity index (χ1v) is 6.11. The Bertz CT molecular complexity index is 300. The van der Waals surface area contributed by atoms with E-state index in [1.54, 1.807) is 20.8 Å². The van der Waals surface area contributed by atoms with Gasteiger partial charge in [-0.15, -0.1) is 0 Å². The van der Waals surface area contributed by atoms with E-state index in [1.165, 1.54) is 4.90 Å². The summed E-state index contributed by atoms with van der Waals surface area (Å²) in [4.78, 5) is 24.8. The molecule has 1 aliphatic heterocycles. The van der Waals surface area contributed by atoms with E-state index in [9.17, 15) is 9.59 Å². The van der Waals surface area contributed by atoms with Crippen molar-refractivity contribution in [2.24, 2.45) is 0 Å². The summed E-state index contributed by atoms with van der Waals surface area (Å²) in [6.07, 6.45) is 0.807. The topological polar surface area (TPSA) is 55.8 Å². The Labute approximate surface area is 106 Å². The number of carbonyl (C=O) groups is 2. The molecule has 0 aromatic carbocycles. The normalized spacial score (nSPS) is 20.2. The Kier molecular flexibility index (Phi) is 4.62. The van der Waals surface area contributed by atoms with Gasteiger partial charge in [0.1, 0.15) is 11.6 Å². The van der Waals surface area contributed by atoms with E-state index >= 15 is 0 Å². The van der Waals surface area contributed by atoms with Crippen molar-refractivity contribution in [3.63, 3.8) is 0 Å². The number of amides is 1. The van der Waals surface area contributed by atoms with Crippen LogP contribution in [0.15, 0.2) is 0 Å². The number of hydrogen-bond acceptors (Lipinski definition) is 4. The van der Waals surface area contributed by atoms with Gasteiger partial charge in [-0.1, -0.05) is 11.6 Å². The second-order valence-electron chi connectivity index (χ2n) is 4.90. The summed E-state index contributed by atoms with van der Waals surface area (Å²) >= 11 is 5.32. The molecule has 0 aromatic heterocycles. The summed E-state index contributed by atoms with van der Waals surface area (Å²) in [5, 5.41) is 0. The number of likely N-dealkylation sites (tertiary alicyclic amines) is 1. The van der Waals surface area contributed by atoms with E-state index in [1.807, 2.05) is 0 Å². The zero-order valence-electron chi connectivity index (χ0n) is 10.4. The number of carbonyl (C=O) groups excluding carboxylic acids is 2. The summed E-state index contributed by atoms with van der Waals surface area (Å²) in [5.74, 6) is -0.387. The molecule has 17 heavy (non-hydrogen) atoms. The lowest BCUT2D eigenvalue weighted by atomic mass is 10.1. The third kappa shape index (κ3) is 4.07. The minimum absolute atomic E-state index is 0.212. The molecule has 1 heterocycles. The predicted octanol–water partition coefficient (Wildman–Crippen LogP) is 2.13. The smallest absolute Gasteiger partial charge is 0.411 e. The first-order valence-electron chi connectivity index (χ1n) is 5.57. The molecule has 0 unspecified atom stereocenters. The van der Waals surface area contributed by atoms with Crippen molar-refractivity contribution in [1.82, 2.24) is 4.90 Å². The van der Waals surface area contributed by atoms with Crippen molar-refractivity contribution >= 4 is 23.7 Å². The van der Waals surface area contributed by atoms with E-state index in [4.69, 9.17) is 16.3 Å². The first kappa shape index (κ1) is 14.1. The van der Waals surface area contributed by atoms with E-state index < -0.39 is 17.7 Å². The van der Waals surface area contributed by atoms with Gasteiger partial charge in [-0.05, 0) is 33.6 Å². The predicted molar refractivity (Wildman–Crippen MR) is 62.8 cm³/mol. The second kappa shape index (κ2) is 5.58. The van der Waals surface area contributed by atoms with Crippen molar-refractivity contribution in [2.75, 3.05) is 12.6 Å². The number of rotatable bonds is 2. The lowest BCUT2D eigenvalue weighted by molar-refractivity contribution is -0.159. The van der Waals surface area contributed by atoms with Crippen LogP contribution in [-0.2, 0) is 14.3 Å². The quantitative estimate of drug-likeness (QED) is 0.566. The lowest BCUT2D eigenvalue weighted by Gasteiger charge is -2.26. The van der Waals surface area contributed by atoms with Gasteiger partial charge in [0.2, 0.25) is 0 Å². The van der Waals surface area contributed by atoms with Crippen LogP contribution in [0.25, 0.3) is 0 Å². The van der Waals surface area contributed by atoms with Crippen LogP contribution in [0.2, 0.25) is 0 Å². The fourth-order valence-electron chi connectivity index (χ4n) is 1.73. The van der Waals surface area contributed by atoms with Gasteiger partial charge in [0.25, 0.3) is 0 Å². The number of alkyl halides is 1. The Balaban J connectivity index is 2.63. The SMILES string of the molecule is CC(C)(C)OC(=O)[C@@H]1CCCN1C(=O)OCCl. The molecule has 5 nitrogen and oxygen atoms in total. The largest absolute Gasteiger partial charge is 0.458 e. The highest BCUT2D eigenvalue weighted by Crippen LogP contribution is 2.21. The standard InChI is InChI=1S/C11H18ClNO4/c1-11(2,3)17-9(14)8-5-4-6-13(8)10(15)16-7-12/h8H,4-7H2,1-3H3/t8-/m0/s1. The molecule has 1 aliphatic rings. The van der Waals surface area contributed by atoms with Crippen molar-refractivity contribution in [3.05, 3.63) is 0 Å². The molecule has 1 saturated heterocycles. The molecular formula is C11H18ClNO4. The van der Waals surface area contributed by atoms with Crippen molar-refractivity contribution in [1.29, 1.82) is 0 Å². The molecule has 1 fully saturated rings. The van der Waals surface area contributed by atoms with Crippen LogP contribution in [-0.4, -0.2) is 41.2 Å². The van der Waals surface area contributed by atoms with Crippen molar-refractivity contribution in [3.8, 4) is 0 Å². The second-order valence-corrected chi connectivity index (χ2v) is 5.12. The Morgan fingerprint density at radius 3 is 2.59 bits per heavy atom. The number of nitrogens with zero attached hydrogens (tertiary/aromatic N) is 1. The van der Waals surface area contributed by atoms with Crippen LogP contribution in [0.3, 0.4) is 0 Å². The van der Waals surface area contributed by atoms with Crippen LogP contribution in [0.5, 0.6) is 0 Å². The van der Waals surface area contributed by atoms with Crippen molar-refractivity contribution < 1.29 is 19.1 Å². The number of esters is 1. The van der Waals surface area contributed by atoms with Gasteiger partial charge in [0, 0.05) is 6.54 Å². The third-order valence-electron chi connectivity index (χ3n) is 2.34. The third-order valence-corrected chi connectivity index (χ3v) is 2.45. The molecule has 0 spiro atoms. The zero-order valence-corrected chi connectivity index (χ0v) is 11.1. The molecule has 0 aliphatic carbocycles. The number of hydrogen-bond donors (Lipinski definition) is 0. The average molecular weight is 264 g/mol. The Morgan fingerprint density at radius 1 is 1.41 bits per heavy atom. The average Bonchev–Trinajstić information content (AvgIpc) is 2.63. The summed E-state index contributed by atoms with van der Waals surface area (Å²) in [6, 6.07) is -0.763. The van der Waals surface area contributed by atoms with Gasteiger partial charge in [0.05, 0.1) is 0 Å². The first-order chi connectivity index (χ1) is 7.85. The summed E-state index contributed by atoms with van der Waals surface area (Å²) in [6.45, 7) is 5.88. The van der Waals surface area contributed by atoms with Gasteiger partial charge in [-0.2, -0.15) is 0 Å². The molecule has 1 atom stereocenters. The van der Waals surface area contributed by atoms with E-state index in [0.717, 1.165) is 6.42 Å². The molecule has 6 heteroatoms. The number of halogens is 1. The highest BCUT2D eigenvalue weighted by atomic mass is 35.5. The molecule has 0 radical (unpaired) electrons. The highest BCUT2D eigenvalue weighted by molar-refractivity contribution is 6.17. The Morgan fingerprint density at radius 2 is 2.06 bits per heavy atom. The summed E-state index contributed by atoms with van der Waals surface area (Å²) < 4.78 is 9.94. The molecule has 0 aromatic rings. The molecule has 0 N–H and O–H groups in total. The molecule has 1 rings (SSSR count). The van der Waals surface area contributed by atoms with Gasteiger partial charge in [-0.25, -0.2) is 9.59 Å². The maximum absolute atomic E-state index is 11.9. The monoisotopic (exact) mass is 263 g/mol. The van der Waals surface area contributed by atoms with Gasteiger partial charge < -0.3 is 9.47 Å². The Hall–Kier alpha value is -0.970. The minimum atomic E-state index is -0.562. The van der Waals surface area contributed by atoms with Gasteiger partial charge in [0.15, 0.2) is 6.07 Å². The highest BCUT2D eigenvalue weighted by Gasteiger charge is 2.37. The van der Waals surface area contributed by atoms with Gasteiger partial charge in [-0.3, -0.25) is 4.90 Å². The van der Waals surface area contributed by atoms with E-state index in [-0.39, 0.29) is 12.0 Å². The van der Waals surface area contributed by atoms with E-state index in [0.29, 0.717) is 13.0 Å². The fraction of sp³-hybridized carbons (Fsp3) is 0.818. The lowest BCUT2D eigenvalue weighted by Crippen LogP contribution is -2.43. The van der Waals surface area contributed by atoms with Crippen LogP contribution >= 0.6 is 11.6 Å². The maximum atomic E-state index is 11.9. The van der Waals surface area contributed by atoms with Crippen LogP contribution in [0, 0.1) is 0 Å². The molecule has 0 saturated carbocycles. The molecule has 1 amide bonds. The fourth-order valence-corrected chi connectivity index (χ4v) is 1.82. The van der Waals surface area contributed by atoms with Crippen LogP contribution in [0.4, 0.5) is 4.79 Å². The minimum Gasteiger partial charge on any atom is -0.458 e. The zero-order chi connectivity index (χ0) is 13.1. The summed E-state index contributed by atoms with van der Waals surface area (Å²) in [5.41, 5.74) is -0.554. The maximum Gasteiger partial charge on any atom is 0.411 e. The molecule has 98 valence electrons. The van der Waals surface area contributed by atoms with Crippen LogP contribution < -0.4 is 0 Å². The molecular weight excluding hydrogens is 246 g/mol. The molecule has 0 bridgehead atoms. The summed E-state index contributed by atoms with van der Waals surface area (Å²) in [7, 11) is 0. The van der Waals surface area contributed by atoms with Gasteiger partial charge >= 0.3 is 12.1 Å².